The number of benzene rings is 1. The van der Waals surface area contributed by atoms with E-state index >= 15 is 0 Å². The lowest BCUT2D eigenvalue weighted by molar-refractivity contribution is -0.123. The molecule has 0 saturated heterocycles. The number of imide groups is 1. The minimum Gasteiger partial charge on any atom is -0.452 e. The maximum absolute atomic E-state index is 13.3. The Bertz CT molecular complexity index is 531. The number of rotatable bonds is 5. The van der Waals surface area contributed by atoms with E-state index in [0.717, 1.165) is 6.07 Å². The smallest absolute Gasteiger partial charge is 0.341 e. The fourth-order valence-electron chi connectivity index (χ4n) is 1.34. The van der Waals surface area contributed by atoms with Gasteiger partial charge in [0.1, 0.15) is 5.82 Å². The van der Waals surface area contributed by atoms with Crippen molar-refractivity contribution in [2.24, 2.45) is 5.92 Å². The topological polar surface area (TPSA) is 84.5 Å². The van der Waals surface area contributed by atoms with Gasteiger partial charge in [-0.2, -0.15) is 0 Å². The van der Waals surface area contributed by atoms with Gasteiger partial charge < -0.3 is 10.1 Å². The number of nitrogens with one attached hydrogen (secondary N) is 2. The molecule has 0 aromatic heterocycles. The molecule has 0 spiro atoms. The van der Waals surface area contributed by atoms with Gasteiger partial charge in [0.2, 0.25) is 0 Å². The first-order valence-corrected chi connectivity index (χ1v) is 6.39. The van der Waals surface area contributed by atoms with E-state index in [1.54, 1.807) is 0 Å². The molecule has 114 valence electrons. The first-order chi connectivity index (χ1) is 9.90. The highest BCUT2D eigenvalue weighted by atomic mass is 19.1. The van der Waals surface area contributed by atoms with Gasteiger partial charge in [0.05, 0.1) is 5.56 Å². The quantitative estimate of drug-likeness (QED) is 0.806. The van der Waals surface area contributed by atoms with E-state index in [0.29, 0.717) is 6.54 Å². The third-order valence-electron chi connectivity index (χ3n) is 2.35. The Balaban J connectivity index is 2.38. The highest BCUT2D eigenvalue weighted by Crippen LogP contribution is 2.07. The number of esters is 1. The van der Waals surface area contributed by atoms with Gasteiger partial charge in [-0.15, -0.1) is 0 Å². The predicted molar refractivity (Wildman–Crippen MR) is 73.1 cm³/mol. The molecular weight excluding hydrogens is 279 g/mol. The van der Waals surface area contributed by atoms with Crippen molar-refractivity contribution < 1.29 is 23.5 Å². The fourth-order valence-corrected chi connectivity index (χ4v) is 1.34. The normalized spacial score (nSPS) is 10.1. The first-order valence-electron chi connectivity index (χ1n) is 6.39. The molecular formula is C14H17FN2O4. The number of halogens is 1. The molecule has 2 N–H and O–H groups in total. The summed E-state index contributed by atoms with van der Waals surface area (Å²) in [6.45, 7) is 3.55. The molecule has 6 nitrogen and oxygen atoms in total. The second-order valence-electron chi connectivity index (χ2n) is 4.71. The summed E-state index contributed by atoms with van der Waals surface area (Å²) in [4.78, 5) is 34.2. The lowest BCUT2D eigenvalue weighted by Gasteiger charge is -2.09. The predicted octanol–water partition coefficient (Wildman–Crippen LogP) is 1.46. The Hall–Kier alpha value is -2.44. The van der Waals surface area contributed by atoms with Crippen LogP contribution in [0.25, 0.3) is 0 Å². The number of amides is 3. The summed E-state index contributed by atoms with van der Waals surface area (Å²) in [6.07, 6.45) is 0. The Kier molecular flexibility index (Phi) is 6.32. The fraction of sp³-hybridized carbons (Fsp3) is 0.357. The Morgan fingerprint density at radius 3 is 2.52 bits per heavy atom. The lowest BCUT2D eigenvalue weighted by atomic mass is 10.2. The van der Waals surface area contributed by atoms with Crippen LogP contribution in [0.4, 0.5) is 9.18 Å². The van der Waals surface area contributed by atoms with Crippen molar-refractivity contribution in [1.82, 2.24) is 10.6 Å². The zero-order valence-electron chi connectivity index (χ0n) is 11.8. The van der Waals surface area contributed by atoms with Gasteiger partial charge in [-0.3, -0.25) is 10.1 Å². The van der Waals surface area contributed by atoms with Crippen molar-refractivity contribution in [3.05, 3.63) is 35.6 Å². The van der Waals surface area contributed by atoms with E-state index in [4.69, 9.17) is 0 Å². The van der Waals surface area contributed by atoms with Gasteiger partial charge in [-0.05, 0) is 18.1 Å². The average Bonchev–Trinajstić information content (AvgIpc) is 2.43. The van der Waals surface area contributed by atoms with Crippen LogP contribution in [0.3, 0.4) is 0 Å². The third kappa shape index (κ3) is 6.03. The van der Waals surface area contributed by atoms with Crippen LogP contribution in [0.5, 0.6) is 0 Å². The molecule has 1 rings (SSSR count). The number of carbonyl (C=O) groups excluding carboxylic acids is 3. The number of ether oxygens (including phenoxy) is 1. The Morgan fingerprint density at radius 2 is 1.90 bits per heavy atom. The molecule has 0 atom stereocenters. The van der Waals surface area contributed by atoms with Gasteiger partial charge in [-0.25, -0.2) is 14.0 Å². The molecule has 0 fully saturated rings. The van der Waals surface area contributed by atoms with Crippen LogP contribution in [0.2, 0.25) is 0 Å². The van der Waals surface area contributed by atoms with Crippen molar-refractivity contribution in [1.29, 1.82) is 0 Å². The van der Waals surface area contributed by atoms with Gasteiger partial charge in [0.25, 0.3) is 5.91 Å². The molecule has 0 aliphatic rings. The van der Waals surface area contributed by atoms with Crippen LogP contribution in [0.15, 0.2) is 24.3 Å². The van der Waals surface area contributed by atoms with Crippen LogP contribution < -0.4 is 10.6 Å². The van der Waals surface area contributed by atoms with Crippen LogP contribution in [0.1, 0.15) is 24.2 Å². The van der Waals surface area contributed by atoms with E-state index in [1.807, 2.05) is 19.2 Å². The largest absolute Gasteiger partial charge is 0.452 e. The lowest BCUT2D eigenvalue weighted by Crippen LogP contribution is -2.42. The summed E-state index contributed by atoms with van der Waals surface area (Å²) in [5.74, 6) is -2.26. The van der Waals surface area contributed by atoms with Crippen LogP contribution in [-0.2, 0) is 9.53 Å². The van der Waals surface area contributed by atoms with Gasteiger partial charge in [0, 0.05) is 6.54 Å². The van der Waals surface area contributed by atoms with E-state index in [2.05, 4.69) is 10.1 Å². The third-order valence-corrected chi connectivity index (χ3v) is 2.35. The summed E-state index contributed by atoms with van der Waals surface area (Å²) in [7, 11) is 0. The van der Waals surface area contributed by atoms with E-state index in [9.17, 15) is 18.8 Å². The van der Waals surface area contributed by atoms with Crippen LogP contribution in [-0.4, -0.2) is 31.1 Å². The van der Waals surface area contributed by atoms with E-state index in [-0.39, 0.29) is 11.5 Å². The highest BCUT2D eigenvalue weighted by Gasteiger charge is 2.15. The van der Waals surface area contributed by atoms with Gasteiger partial charge in [-0.1, -0.05) is 26.0 Å². The second-order valence-corrected chi connectivity index (χ2v) is 4.71. The van der Waals surface area contributed by atoms with Crippen molar-refractivity contribution >= 4 is 17.9 Å². The van der Waals surface area contributed by atoms with Crippen LogP contribution >= 0.6 is 0 Å². The summed E-state index contributed by atoms with van der Waals surface area (Å²) < 4.78 is 17.9. The standard InChI is InChI=1S/C14H17FN2O4/c1-9(2)7-16-14(20)17-12(18)8-21-13(19)10-5-3-4-6-11(10)15/h3-6,9H,7-8H2,1-2H3,(H2,16,17,18,20). The Morgan fingerprint density at radius 1 is 1.24 bits per heavy atom. The second kappa shape index (κ2) is 7.98. The molecule has 0 radical (unpaired) electrons. The summed E-state index contributed by atoms with van der Waals surface area (Å²) in [5, 5.41) is 4.47. The molecule has 0 aliphatic heterocycles. The van der Waals surface area contributed by atoms with Gasteiger partial charge in [0.15, 0.2) is 6.61 Å². The maximum atomic E-state index is 13.3. The van der Waals surface area contributed by atoms with Gasteiger partial charge >= 0.3 is 12.0 Å². The molecule has 0 heterocycles. The van der Waals surface area contributed by atoms with E-state index in [1.165, 1.54) is 18.2 Å². The minimum absolute atomic E-state index is 0.240. The minimum atomic E-state index is -0.967. The monoisotopic (exact) mass is 296 g/mol. The van der Waals surface area contributed by atoms with Crippen molar-refractivity contribution in [2.45, 2.75) is 13.8 Å². The Labute approximate surface area is 121 Å². The molecule has 7 heteroatoms. The zero-order chi connectivity index (χ0) is 15.8. The van der Waals surface area contributed by atoms with Crippen LogP contribution in [0, 0.1) is 11.7 Å². The molecule has 21 heavy (non-hydrogen) atoms. The van der Waals surface area contributed by atoms with Crippen molar-refractivity contribution in [3.8, 4) is 0 Å². The number of hydrogen-bond donors (Lipinski definition) is 2. The molecule has 0 unspecified atom stereocenters. The molecule has 1 aromatic rings. The first kappa shape index (κ1) is 16.6. The van der Waals surface area contributed by atoms with Crippen molar-refractivity contribution in [2.75, 3.05) is 13.2 Å². The molecule has 3 amide bonds. The van der Waals surface area contributed by atoms with E-state index < -0.39 is 30.3 Å². The zero-order valence-corrected chi connectivity index (χ0v) is 11.8. The van der Waals surface area contributed by atoms with Crippen molar-refractivity contribution in [3.63, 3.8) is 0 Å². The molecule has 0 saturated carbocycles. The highest BCUT2D eigenvalue weighted by molar-refractivity contribution is 5.97. The SMILES string of the molecule is CC(C)CNC(=O)NC(=O)COC(=O)c1ccccc1F. The molecule has 0 bridgehead atoms. The number of hydrogen-bond acceptors (Lipinski definition) is 4. The number of urea groups is 1. The average molecular weight is 296 g/mol. The number of carbonyl (C=O) groups is 3. The maximum Gasteiger partial charge on any atom is 0.341 e. The summed E-state index contributed by atoms with van der Waals surface area (Å²) in [6, 6.07) is 4.58. The summed E-state index contributed by atoms with van der Waals surface area (Å²) in [5.41, 5.74) is -0.269. The molecule has 1 aromatic carbocycles. The summed E-state index contributed by atoms with van der Waals surface area (Å²) >= 11 is 0. The molecule has 0 aliphatic carbocycles.